The van der Waals surface area contributed by atoms with Crippen molar-refractivity contribution in [3.05, 3.63) is 72.6 Å². The second-order valence-electron chi connectivity index (χ2n) is 7.24. The van der Waals surface area contributed by atoms with Gasteiger partial charge in [0, 0.05) is 18.5 Å². The number of rotatable bonds is 3. The van der Waals surface area contributed by atoms with Crippen LogP contribution >= 0.6 is 0 Å². The van der Waals surface area contributed by atoms with Crippen molar-refractivity contribution in [2.75, 3.05) is 7.11 Å². The molecule has 0 fully saturated rings. The Morgan fingerprint density at radius 2 is 1.78 bits per heavy atom. The van der Waals surface area contributed by atoms with Crippen LogP contribution in [0.25, 0.3) is 38.8 Å². The van der Waals surface area contributed by atoms with Crippen LogP contribution in [0.2, 0.25) is 0 Å². The molecular formula is C24H18N6O2. The number of aromatic hydroxyl groups is 1. The molecule has 0 radical (unpaired) electrons. The fourth-order valence-corrected chi connectivity index (χ4v) is 3.88. The number of benzene rings is 2. The van der Waals surface area contributed by atoms with E-state index in [0.717, 1.165) is 38.8 Å². The molecule has 0 saturated carbocycles. The molecule has 32 heavy (non-hydrogen) atoms. The lowest BCUT2D eigenvalue weighted by Gasteiger charge is -2.09. The number of ether oxygens (including phenoxy) is 1. The molecule has 0 spiro atoms. The average Bonchev–Trinajstić information content (AvgIpc) is 3.11. The van der Waals surface area contributed by atoms with Gasteiger partial charge in [0.15, 0.2) is 0 Å². The Morgan fingerprint density at radius 1 is 1.00 bits per heavy atom. The predicted octanol–water partition coefficient (Wildman–Crippen LogP) is 3.68. The number of imidazole rings is 1. The minimum atomic E-state index is 0.217. The lowest BCUT2D eigenvalue weighted by molar-refractivity contribution is 0.398. The Morgan fingerprint density at radius 3 is 2.47 bits per heavy atom. The van der Waals surface area contributed by atoms with E-state index in [9.17, 15) is 10.4 Å². The number of phenolic OH excluding ortho intramolecular Hbond substituents is 1. The second kappa shape index (κ2) is 7.56. The topological polar surface area (TPSA) is 101 Å². The van der Waals surface area contributed by atoms with E-state index < -0.39 is 0 Å². The van der Waals surface area contributed by atoms with Gasteiger partial charge in [-0.3, -0.25) is 9.55 Å². The molecule has 8 nitrogen and oxygen atoms in total. The molecule has 0 bridgehead atoms. The maximum absolute atomic E-state index is 9.63. The standard InChI is InChI=1S/C24H18N6O2/c1-29-21-13-26-20-9-5-16(15-3-7-18(31)8-4-15)11-19(20)23(21)30(24(29)28-14-25)17-6-10-22(32-2)27-12-17/h3-13,31H,1-2H3. The molecule has 0 aliphatic rings. The maximum atomic E-state index is 9.63. The molecule has 0 atom stereocenters. The van der Waals surface area contributed by atoms with Crippen LogP contribution in [0.3, 0.4) is 0 Å². The zero-order valence-corrected chi connectivity index (χ0v) is 17.4. The van der Waals surface area contributed by atoms with Gasteiger partial charge in [0.25, 0.3) is 0 Å². The van der Waals surface area contributed by atoms with Gasteiger partial charge in [-0.05, 0) is 41.5 Å². The number of nitriles is 1. The Hall–Kier alpha value is -4.64. The lowest BCUT2D eigenvalue weighted by atomic mass is 10.0. The smallest absolute Gasteiger partial charge is 0.226 e. The van der Waals surface area contributed by atoms with Crippen LogP contribution in [0.4, 0.5) is 0 Å². The minimum Gasteiger partial charge on any atom is -0.508 e. The van der Waals surface area contributed by atoms with Gasteiger partial charge >= 0.3 is 0 Å². The predicted molar refractivity (Wildman–Crippen MR) is 120 cm³/mol. The van der Waals surface area contributed by atoms with Crippen LogP contribution in [0.1, 0.15) is 0 Å². The highest BCUT2D eigenvalue weighted by atomic mass is 16.5. The van der Waals surface area contributed by atoms with Crippen molar-refractivity contribution in [2.24, 2.45) is 12.0 Å². The summed E-state index contributed by atoms with van der Waals surface area (Å²) < 4.78 is 8.92. The summed E-state index contributed by atoms with van der Waals surface area (Å²) >= 11 is 0. The largest absolute Gasteiger partial charge is 0.508 e. The molecule has 3 heterocycles. The molecule has 3 aromatic heterocycles. The van der Waals surface area contributed by atoms with Gasteiger partial charge in [-0.15, -0.1) is 4.99 Å². The molecule has 2 aromatic carbocycles. The van der Waals surface area contributed by atoms with E-state index in [4.69, 9.17) is 4.74 Å². The van der Waals surface area contributed by atoms with E-state index in [0.29, 0.717) is 11.5 Å². The van der Waals surface area contributed by atoms with Crippen LogP contribution in [0, 0.1) is 11.5 Å². The molecule has 5 aromatic rings. The number of hydrogen-bond donors (Lipinski definition) is 1. The number of phenols is 1. The van der Waals surface area contributed by atoms with Crippen molar-refractivity contribution in [1.82, 2.24) is 19.1 Å². The lowest BCUT2D eigenvalue weighted by Crippen LogP contribution is -2.22. The average molecular weight is 422 g/mol. The molecule has 0 saturated heterocycles. The quantitative estimate of drug-likeness (QED) is 0.447. The monoisotopic (exact) mass is 422 g/mol. The van der Waals surface area contributed by atoms with Crippen molar-refractivity contribution in [1.29, 1.82) is 5.26 Å². The fourth-order valence-electron chi connectivity index (χ4n) is 3.88. The summed E-state index contributed by atoms with van der Waals surface area (Å²) in [7, 11) is 3.41. The third kappa shape index (κ3) is 3.04. The van der Waals surface area contributed by atoms with Crippen molar-refractivity contribution >= 4 is 21.9 Å². The number of pyridine rings is 2. The van der Waals surface area contributed by atoms with Crippen molar-refractivity contribution in [3.63, 3.8) is 0 Å². The van der Waals surface area contributed by atoms with Crippen molar-refractivity contribution in [3.8, 4) is 34.6 Å². The highest BCUT2D eigenvalue weighted by molar-refractivity contribution is 6.04. The first-order valence-corrected chi connectivity index (χ1v) is 9.83. The van der Waals surface area contributed by atoms with Gasteiger partial charge in [-0.25, -0.2) is 4.98 Å². The minimum absolute atomic E-state index is 0.217. The SMILES string of the molecule is COc1ccc(-n2c(=NC#N)n(C)c3cnc4ccc(-c5ccc(O)cc5)cc4c32)cn1. The van der Waals surface area contributed by atoms with Crippen LogP contribution < -0.4 is 10.4 Å². The van der Waals surface area contributed by atoms with Gasteiger partial charge in [0.2, 0.25) is 17.7 Å². The van der Waals surface area contributed by atoms with E-state index >= 15 is 0 Å². The summed E-state index contributed by atoms with van der Waals surface area (Å²) in [5.41, 5.74) is 5.64. The van der Waals surface area contributed by atoms with Crippen molar-refractivity contribution < 1.29 is 9.84 Å². The van der Waals surface area contributed by atoms with E-state index in [-0.39, 0.29) is 5.75 Å². The van der Waals surface area contributed by atoms with Crippen molar-refractivity contribution in [2.45, 2.75) is 0 Å². The Kier molecular flexibility index (Phi) is 4.57. The first-order chi connectivity index (χ1) is 15.6. The number of nitrogens with zero attached hydrogens (tertiary/aromatic N) is 6. The highest BCUT2D eigenvalue weighted by Crippen LogP contribution is 2.30. The third-order valence-electron chi connectivity index (χ3n) is 5.44. The molecule has 0 unspecified atom stereocenters. The van der Waals surface area contributed by atoms with Crippen LogP contribution in [0.5, 0.6) is 11.6 Å². The summed E-state index contributed by atoms with van der Waals surface area (Å²) in [4.78, 5) is 13.0. The molecule has 0 amide bonds. The number of methoxy groups -OCH3 is 1. The summed E-state index contributed by atoms with van der Waals surface area (Å²) in [5, 5.41) is 19.9. The number of hydrogen-bond acceptors (Lipinski definition) is 6. The van der Waals surface area contributed by atoms with E-state index in [1.807, 2.05) is 52.7 Å². The van der Waals surface area contributed by atoms with E-state index in [2.05, 4.69) is 21.0 Å². The third-order valence-corrected chi connectivity index (χ3v) is 5.44. The van der Waals surface area contributed by atoms with Crippen LogP contribution in [-0.2, 0) is 7.05 Å². The van der Waals surface area contributed by atoms with Gasteiger partial charge < -0.3 is 14.4 Å². The molecule has 156 valence electrons. The molecule has 0 aliphatic heterocycles. The summed E-state index contributed by atoms with van der Waals surface area (Å²) in [5.74, 6) is 0.712. The Balaban J connectivity index is 1.88. The second-order valence-corrected chi connectivity index (χ2v) is 7.24. The molecular weight excluding hydrogens is 404 g/mol. The Labute approximate surface area is 182 Å². The Bertz CT molecular complexity index is 1570. The first kappa shape index (κ1) is 19.3. The molecule has 1 N–H and O–H groups in total. The van der Waals surface area contributed by atoms with E-state index in [1.165, 1.54) is 0 Å². The number of aryl methyl sites for hydroxylation is 1. The van der Waals surface area contributed by atoms with Gasteiger partial charge in [0.05, 0.1) is 41.7 Å². The number of aromatic nitrogens is 4. The summed E-state index contributed by atoms with van der Waals surface area (Å²) in [6.07, 6.45) is 5.37. The zero-order valence-electron chi connectivity index (χ0n) is 17.4. The maximum Gasteiger partial charge on any atom is 0.226 e. The first-order valence-electron chi connectivity index (χ1n) is 9.83. The molecule has 0 aliphatic carbocycles. The van der Waals surface area contributed by atoms with Gasteiger partial charge in [-0.1, -0.05) is 18.2 Å². The van der Waals surface area contributed by atoms with E-state index in [1.54, 1.807) is 37.7 Å². The molecule has 5 rings (SSSR count). The zero-order chi connectivity index (χ0) is 22.2. The summed E-state index contributed by atoms with van der Waals surface area (Å²) in [6, 6.07) is 16.7. The molecule has 8 heteroatoms. The number of fused-ring (bicyclic) bond motifs is 3. The fraction of sp³-hybridized carbons (Fsp3) is 0.0833. The van der Waals surface area contributed by atoms with Gasteiger partial charge in [-0.2, -0.15) is 5.26 Å². The van der Waals surface area contributed by atoms with Gasteiger partial charge in [0.1, 0.15) is 5.75 Å². The van der Waals surface area contributed by atoms with Crippen LogP contribution in [-0.4, -0.2) is 31.3 Å². The highest BCUT2D eigenvalue weighted by Gasteiger charge is 2.16. The normalized spacial score (nSPS) is 11.7. The summed E-state index contributed by atoms with van der Waals surface area (Å²) in [6.45, 7) is 0. The van der Waals surface area contributed by atoms with Crippen LogP contribution in [0.15, 0.2) is 72.0 Å².